The van der Waals surface area contributed by atoms with Crippen molar-refractivity contribution in [3.05, 3.63) is 82.0 Å². The molecule has 3 fully saturated rings. The van der Waals surface area contributed by atoms with Crippen LogP contribution in [0.5, 0.6) is 0 Å². The number of carbonyl (C=O) groups is 2. The van der Waals surface area contributed by atoms with Crippen molar-refractivity contribution in [2.75, 3.05) is 18.0 Å². The van der Waals surface area contributed by atoms with Crippen molar-refractivity contribution in [1.29, 1.82) is 0 Å². The largest absolute Gasteiger partial charge is 0.481 e. The summed E-state index contributed by atoms with van der Waals surface area (Å²) in [7, 11) is 0. The molecule has 11 heteroatoms. The van der Waals surface area contributed by atoms with Crippen molar-refractivity contribution in [1.82, 2.24) is 9.88 Å². The molecule has 1 aliphatic carbocycles. The molecule has 1 aromatic heterocycles. The van der Waals surface area contributed by atoms with Crippen molar-refractivity contribution in [3.63, 3.8) is 0 Å². The number of carbonyl (C=O) groups excluding carboxylic acids is 1. The van der Waals surface area contributed by atoms with Gasteiger partial charge in [0.15, 0.2) is 0 Å². The van der Waals surface area contributed by atoms with Crippen molar-refractivity contribution in [2.24, 2.45) is 5.92 Å². The number of nitrogens with zero attached hydrogens (tertiary/aromatic N) is 3. The number of anilines is 1. The number of benzene rings is 2. The third-order valence-electron chi connectivity index (χ3n) is 9.22. The Morgan fingerprint density at radius 3 is 2.43 bits per heavy atom. The summed E-state index contributed by atoms with van der Waals surface area (Å²) in [6, 6.07) is 14.1. The molecule has 1 saturated carbocycles. The van der Waals surface area contributed by atoms with E-state index in [2.05, 4.69) is 4.90 Å². The van der Waals surface area contributed by atoms with Crippen LogP contribution in [0.2, 0.25) is 5.02 Å². The topological polar surface area (TPSA) is 83.0 Å². The first kappa shape index (κ1) is 30.2. The molecule has 0 bridgehead atoms. The first-order valence-electron chi connectivity index (χ1n) is 14.9. The zero-order valence-corrected chi connectivity index (χ0v) is 24.9. The van der Waals surface area contributed by atoms with E-state index in [9.17, 15) is 27.9 Å². The van der Waals surface area contributed by atoms with Crippen molar-refractivity contribution < 1.29 is 32.6 Å². The molecule has 3 aliphatic rings. The van der Waals surface area contributed by atoms with Gasteiger partial charge in [0.25, 0.3) is 0 Å². The first-order chi connectivity index (χ1) is 21.0. The van der Waals surface area contributed by atoms with Crippen LogP contribution in [0.3, 0.4) is 0 Å². The molecule has 0 radical (unpaired) electrons. The van der Waals surface area contributed by atoms with E-state index in [0.717, 1.165) is 67.0 Å². The third kappa shape index (κ3) is 5.96. The molecule has 1 amide bonds. The van der Waals surface area contributed by atoms with Crippen LogP contribution in [0.15, 0.2) is 54.6 Å². The van der Waals surface area contributed by atoms with Crippen LogP contribution < -0.4 is 4.90 Å². The summed E-state index contributed by atoms with van der Waals surface area (Å²) in [5.41, 5.74) is 2.67. The maximum absolute atomic E-state index is 13.4. The van der Waals surface area contributed by atoms with Crippen LogP contribution in [-0.2, 0) is 22.3 Å². The minimum atomic E-state index is -4.51. The Bertz CT molecular complexity index is 1570. The van der Waals surface area contributed by atoms with E-state index in [1.807, 2.05) is 30.3 Å². The second-order valence-electron chi connectivity index (χ2n) is 11.9. The van der Waals surface area contributed by atoms with Gasteiger partial charge in [0.05, 0.1) is 29.8 Å². The summed E-state index contributed by atoms with van der Waals surface area (Å²) < 4.78 is 45.8. The fourth-order valence-corrected chi connectivity index (χ4v) is 6.69. The van der Waals surface area contributed by atoms with Crippen LogP contribution in [0.25, 0.3) is 11.1 Å². The van der Waals surface area contributed by atoms with Gasteiger partial charge in [-0.25, -0.2) is 9.78 Å². The lowest BCUT2D eigenvalue weighted by atomic mass is 9.78. The zero-order valence-electron chi connectivity index (χ0n) is 24.2. The normalized spacial score (nSPS) is 23.8. The molecule has 2 saturated heterocycles. The van der Waals surface area contributed by atoms with Gasteiger partial charge < -0.3 is 14.7 Å². The quantitative estimate of drug-likeness (QED) is 0.285. The fourth-order valence-electron chi connectivity index (χ4n) is 6.47. The smallest absolute Gasteiger partial charge is 0.416 e. The lowest BCUT2D eigenvalue weighted by Gasteiger charge is -2.33. The first-order valence-corrected chi connectivity index (χ1v) is 15.3. The van der Waals surface area contributed by atoms with Gasteiger partial charge in [-0.1, -0.05) is 29.8 Å². The minimum Gasteiger partial charge on any atom is -0.481 e. The maximum atomic E-state index is 13.4. The highest BCUT2D eigenvalue weighted by atomic mass is 35.5. The van der Waals surface area contributed by atoms with E-state index in [1.165, 1.54) is 17.0 Å². The van der Waals surface area contributed by atoms with Crippen LogP contribution in [-0.4, -0.2) is 46.2 Å². The van der Waals surface area contributed by atoms with Crippen LogP contribution >= 0.6 is 11.6 Å². The molecule has 2 unspecified atom stereocenters. The second kappa shape index (κ2) is 12.0. The number of amides is 1. The molecule has 2 atom stereocenters. The number of hydrogen-bond donors (Lipinski definition) is 1. The Kier molecular flexibility index (Phi) is 8.22. The van der Waals surface area contributed by atoms with Gasteiger partial charge in [-0.2, -0.15) is 13.2 Å². The molecule has 3 aromatic rings. The Balaban J connectivity index is 1.31. The molecule has 3 heterocycles. The van der Waals surface area contributed by atoms with E-state index in [-0.39, 0.29) is 23.9 Å². The average molecular weight is 628 g/mol. The van der Waals surface area contributed by atoms with Gasteiger partial charge in [-0.05, 0) is 92.5 Å². The van der Waals surface area contributed by atoms with Gasteiger partial charge in [-0.3, -0.25) is 9.69 Å². The summed E-state index contributed by atoms with van der Waals surface area (Å²) >= 11 is 6.76. The van der Waals surface area contributed by atoms with E-state index >= 15 is 0 Å². The molecule has 2 aliphatic heterocycles. The van der Waals surface area contributed by atoms with E-state index < -0.39 is 35.9 Å². The highest BCUT2D eigenvalue weighted by molar-refractivity contribution is 6.33. The van der Waals surface area contributed by atoms with Crippen LogP contribution in [0.1, 0.15) is 73.4 Å². The SMILES string of the molecule is CC1C(c2cccc(C(F)(F)F)c2)OC(=O)N1Cc1nc(N2CCC2)ccc1-c1cc(C2CCC(C(=O)O)CC2)ccc1Cl. The van der Waals surface area contributed by atoms with E-state index in [0.29, 0.717) is 23.6 Å². The van der Waals surface area contributed by atoms with Gasteiger partial charge >= 0.3 is 18.2 Å². The Morgan fingerprint density at radius 1 is 1.02 bits per heavy atom. The molecule has 2 aromatic carbocycles. The highest BCUT2D eigenvalue weighted by Gasteiger charge is 2.41. The van der Waals surface area contributed by atoms with Crippen molar-refractivity contribution in [2.45, 2.75) is 69.8 Å². The standard InChI is InChI=1S/C33H33ClF3N3O4/c1-19-30(23-4-2-5-24(16-23)33(35,36)37)44-32(43)40(19)18-28-25(11-13-29(38-28)39-14-3-15-39)26-17-22(10-12-27(26)34)20-6-8-21(9-7-20)31(41)42/h2,4-5,10-13,16-17,19-21,30H,3,6-9,14-15,18H2,1H3,(H,41,42). The average Bonchev–Trinajstić information content (AvgIpc) is 3.25. The van der Waals surface area contributed by atoms with Crippen LogP contribution in [0.4, 0.5) is 23.8 Å². The number of aromatic nitrogens is 1. The summed E-state index contributed by atoms with van der Waals surface area (Å²) in [4.78, 5) is 33.2. The number of halogens is 4. The molecular weight excluding hydrogens is 595 g/mol. The van der Waals surface area contributed by atoms with Gasteiger partial charge in [0, 0.05) is 29.2 Å². The molecule has 7 nitrogen and oxygen atoms in total. The third-order valence-corrected chi connectivity index (χ3v) is 9.55. The second-order valence-corrected chi connectivity index (χ2v) is 12.3. The monoisotopic (exact) mass is 627 g/mol. The lowest BCUT2D eigenvalue weighted by Crippen LogP contribution is -2.38. The number of carboxylic acid groups (broad SMARTS) is 1. The Labute approximate surface area is 258 Å². The highest BCUT2D eigenvalue weighted by Crippen LogP contribution is 2.41. The van der Waals surface area contributed by atoms with Gasteiger partial charge in [0.2, 0.25) is 0 Å². The summed E-state index contributed by atoms with van der Waals surface area (Å²) in [5.74, 6) is -0.0721. The summed E-state index contributed by atoms with van der Waals surface area (Å²) in [6.07, 6.45) is -2.17. The zero-order chi connectivity index (χ0) is 31.2. The van der Waals surface area contributed by atoms with Crippen molar-refractivity contribution in [3.8, 4) is 11.1 Å². The maximum Gasteiger partial charge on any atom is 0.416 e. The molecule has 6 rings (SSSR count). The Morgan fingerprint density at radius 2 is 1.77 bits per heavy atom. The fraction of sp³-hybridized carbons (Fsp3) is 0.424. The van der Waals surface area contributed by atoms with Crippen molar-refractivity contribution >= 4 is 29.5 Å². The van der Waals surface area contributed by atoms with E-state index in [1.54, 1.807) is 6.92 Å². The molecule has 44 heavy (non-hydrogen) atoms. The summed E-state index contributed by atoms with van der Waals surface area (Å²) in [5, 5.41) is 9.93. The number of alkyl halides is 3. The number of rotatable bonds is 7. The molecule has 232 valence electrons. The number of ether oxygens (including phenoxy) is 1. The lowest BCUT2D eigenvalue weighted by molar-refractivity contribution is -0.143. The molecule has 1 N–H and O–H groups in total. The van der Waals surface area contributed by atoms with Gasteiger partial charge in [0.1, 0.15) is 11.9 Å². The summed E-state index contributed by atoms with van der Waals surface area (Å²) in [6.45, 7) is 3.59. The number of pyridine rings is 1. The number of cyclic esters (lactones) is 1. The predicted octanol–water partition coefficient (Wildman–Crippen LogP) is 8.07. The number of hydrogen-bond acceptors (Lipinski definition) is 5. The number of carboxylic acids is 1. The van der Waals surface area contributed by atoms with Crippen LogP contribution in [0, 0.1) is 5.92 Å². The van der Waals surface area contributed by atoms with E-state index in [4.69, 9.17) is 21.3 Å². The van der Waals surface area contributed by atoms with Gasteiger partial charge in [-0.15, -0.1) is 0 Å². The minimum absolute atomic E-state index is 0.0801. The Hall–Kier alpha value is -3.79. The molecule has 0 spiro atoms. The molecular formula is C33H33ClF3N3O4. The predicted molar refractivity (Wildman–Crippen MR) is 160 cm³/mol. The number of aliphatic carboxylic acids is 1.